The molecule has 0 saturated carbocycles. The van der Waals surface area contributed by atoms with Crippen molar-refractivity contribution in [2.24, 2.45) is 4.99 Å². The van der Waals surface area contributed by atoms with E-state index in [2.05, 4.69) is 46.4 Å². The highest BCUT2D eigenvalue weighted by atomic mass is 127. The molecule has 4 nitrogen and oxygen atoms in total. The van der Waals surface area contributed by atoms with Crippen LogP contribution in [0.1, 0.15) is 18.9 Å². The Morgan fingerprint density at radius 2 is 2.20 bits per heavy atom. The first-order chi connectivity index (χ1) is 9.36. The number of guanidine groups is 1. The van der Waals surface area contributed by atoms with Gasteiger partial charge in [0.05, 0.1) is 0 Å². The number of benzene rings is 1. The lowest BCUT2D eigenvalue weighted by atomic mass is 10.2. The molecule has 0 spiro atoms. The van der Waals surface area contributed by atoms with Gasteiger partial charge in [-0.15, -0.1) is 24.0 Å². The van der Waals surface area contributed by atoms with Crippen LogP contribution >= 0.6 is 24.0 Å². The van der Waals surface area contributed by atoms with E-state index in [0.717, 1.165) is 45.0 Å². The summed E-state index contributed by atoms with van der Waals surface area (Å²) in [4.78, 5) is 6.97. The van der Waals surface area contributed by atoms with Gasteiger partial charge in [0.1, 0.15) is 0 Å². The van der Waals surface area contributed by atoms with Crippen LogP contribution in [0.5, 0.6) is 0 Å². The third kappa shape index (κ3) is 4.34. The Bertz CT molecular complexity index is 437. The van der Waals surface area contributed by atoms with E-state index in [9.17, 15) is 0 Å². The summed E-state index contributed by atoms with van der Waals surface area (Å²) in [7, 11) is 1.73. The first kappa shape index (κ1) is 17.2. The maximum atomic E-state index is 5.06. The van der Waals surface area contributed by atoms with E-state index in [4.69, 9.17) is 4.74 Å². The molecule has 0 aliphatic carbocycles. The number of ether oxygens (including phenoxy) is 1. The van der Waals surface area contributed by atoms with Gasteiger partial charge in [-0.1, -0.05) is 18.2 Å². The molecule has 2 rings (SSSR count). The Kier molecular flexibility index (Phi) is 7.91. The van der Waals surface area contributed by atoms with Crippen molar-refractivity contribution in [3.05, 3.63) is 29.8 Å². The van der Waals surface area contributed by atoms with Crippen LogP contribution in [0.3, 0.4) is 0 Å². The molecule has 0 fully saturated rings. The van der Waals surface area contributed by atoms with Gasteiger partial charge in [0.15, 0.2) is 5.96 Å². The maximum absolute atomic E-state index is 5.06. The molecule has 0 amide bonds. The molecule has 0 unspecified atom stereocenters. The minimum absolute atomic E-state index is 0. The Hall–Kier alpha value is -0.820. The van der Waals surface area contributed by atoms with E-state index in [1.54, 1.807) is 7.11 Å². The van der Waals surface area contributed by atoms with Gasteiger partial charge in [-0.2, -0.15) is 0 Å². The fourth-order valence-electron chi connectivity index (χ4n) is 2.35. The lowest BCUT2D eigenvalue weighted by Crippen LogP contribution is -2.40. The van der Waals surface area contributed by atoms with Gasteiger partial charge in [-0.3, -0.25) is 4.99 Å². The molecule has 112 valence electrons. The number of fused-ring (bicyclic) bond motifs is 1. The summed E-state index contributed by atoms with van der Waals surface area (Å²) in [6.45, 7) is 5.57. The Labute approximate surface area is 138 Å². The average Bonchev–Trinajstić information content (AvgIpc) is 2.86. The fraction of sp³-hybridized carbons (Fsp3) is 0.533. The molecule has 1 aliphatic heterocycles. The minimum Gasteiger partial charge on any atom is -0.385 e. The van der Waals surface area contributed by atoms with Crippen LogP contribution in [0, 0.1) is 0 Å². The second-order valence-corrected chi connectivity index (χ2v) is 4.61. The summed E-state index contributed by atoms with van der Waals surface area (Å²) in [6, 6.07) is 8.56. The average molecular weight is 389 g/mol. The molecule has 20 heavy (non-hydrogen) atoms. The van der Waals surface area contributed by atoms with Gasteiger partial charge >= 0.3 is 0 Å². The van der Waals surface area contributed by atoms with Crippen molar-refractivity contribution in [3.8, 4) is 0 Å². The second kappa shape index (κ2) is 9.18. The Morgan fingerprint density at radius 1 is 1.40 bits per heavy atom. The van der Waals surface area contributed by atoms with E-state index in [1.807, 2.05) is 0 Å². The molecule has 0 atom stereocenters. The van der Waals surface area contributed by atoms with Crippen LogP contribution < -0.4 is 10.2 Å². The predicted octanol–water partition coefficient (Wildman–Crippen LogP) is 2.67. The number of nitrogens with zero attached hydrogens (tertiary/aromatic N) is 2. The molecular weight excluding hydrogens is 365 g/mol. The zero-order valence-corrected chi connectivity index (χ0v) is 14.6. The van der Waals surface area contributed by atoms with Gasteiger partial charge in [-0.05, 0) is 31.4 Å². The molecule has 1 heterocycles. The normalized spacial score (nSPS) is 13.9. The zero-order chi connectivity index (χ0) is 13.5. The summed E-state index contributed by atoms with van der Waals surface area (Å²) in [6.07, 6.45) is 2.06. The van der Waals surface area contributed by atoms with Gasteiger partial charge in [-0.25, -0.2) is 0 Å². The summed E-state index contributed by atoms with van der Waals surface area (Å²) in [5, 5.41) is 3.38. The Morgan fingerprint density at radius 3 is 2.95 bits per heavy atom. The highest BCUT2D eigenvalue weighted by molar-refractivity contribution is 14.0. The summed E-state index contributed by atoms with van der Waals surface area (Å²) >= 11 is 0. The largest absolute Gasteiger partial charge is 0.385 e. The maximum Gasteiger partial charge on any atom is 0.198 e. The number of halogens is 1. The van der Waals surface area contributed by atoms with E-state index >= 15 is 0 Å². The van der Waals surface area contributed by atoms with Crippen molar-refractivity contribution in [3.63, 3.8) is 0 Å². The number of anilines is 1. The molecule has 0 bridgehead atoms. The van der Waals surface area contributed by atoms with Crippen molar-refractivity contribution in [1.82, 2.24) is 5.32 Å². The summed E-state index contributed by atoms with van der Waals surface area (Å²) < 4.78 is 5.06. The number of hydrogen-bond acceptors (Lipinski definition) is 2. The number of methoxy groups -OCH3 is 1. The molecule has 0 radical (unpaired) electrons. The third-order valence-electron chi connectivity index (χ3n) is 3.25. The number of para-hydroxylation sites is 1. The lowest BCUT2D eigenvalue weighted by Gasteiger charge is -2.22. The molecule has 5 heteroatoms. The van der Waals surface area contributed by atoms with Gasteiger partial charge in [0.2, 0.25) is 0 Å². The van der Waals surface area contributed by atoms with Crippen LogP contribution in [0.25, 0.3) is 0 Å². The SMILES string of the molecule is CCNC(=NCCCOC)N1CCc2ccccc21.I. The number of hydrogen-bond donors (Lipinski definition) is 1. The molecule has 1 aromatic rings. The molecule has 1 N–H and O–H groups in total. The highest BCUT2D eigenvalue weighted by Gasteiger charge is 2.21. The van der Waals surface area contributed by atoms with Crippen LogP contribution in [-0.2, 0) is 11.2 Å². The van der Waals surface area contributed by atoms with E-state index < -0.39 is 0 Å². The molecule has 1 aliphatic rings. The van der Waals surface area contributed by atoms with Gasteiger partial charge < -0.3 is 15.0 Å². The van der Waals surface area contributed by atoms with Crippen LogP contribution in [0.2, 0.25) is 0 Å². The lowest BCUT2D eigenvalue weighted by molar-refractivity contribution is 0.197. The highest BCUT2D eigenvalue weighted by Crippen LogP contribution is 2.27. The van der Waals surface area contributed by atoms with Crippen LogP contribution in [-0.4, -0.2) is 39.3 Å². The molecule has 0 saturated heterocycles. The van der Waals surface area contributed by atoms with E-state index in [0.29, 0.717) is 0 Å². The second-order valence-electron chi connectivity index (χ2n) is 4.61. The topological polar surface area (TPSA) is 36.9 Å². The van der Waals surface area contributed by atoms with Crippen molar-refractivity contribution < 1.29 is 4.74 Å². The van der Waals surface area contributed by atoms with Crippen molar-refractivity contribution >= 4 is 35.6 Å². The van der Waals surface area contributed by atoms with Crippen molar-refractivity contribution in [1.29, 1.82) is 0 Å². The number of nitrogens with one attached hydrogen (secondary N) is 1. The third-order valence-corrected chi connectivity index (χ3v) is 3.25. The predicted molar refractivity (Wildman–Crippen MR) is 95.4 cm³/mol. The summed E-state index contributed by atoms with van der Waals surface area (Å²) in [5.41, 5.74) is 2.69. The van der Waals surface area contributed by atoms with Crippen molar-refractivity contribution in [2.45, 2.75) is 19.8 Å². The minimum atomic E-state index is 0. The van der Waals surface area contributed by atoms with Crippen LogP contribution in [0.4, 0.5) is 5.69 Å². The summed E-state index contributed by atoms with van der Waals surface area (Å²) in [5.74, 6) is 0.989. The Balaban J connectivity index is 0.00000200. The van der Waals surface area contributed by atoms with Crippen molar-refractivity contribution in [2.75, 3.05) is 38.3 Å². The number of rotatable bonds is 5. The standard InChI is InChI=1S/C15H23N3O.HI/c1-3-16-15(17-10-6-12-19-2)18-11-9-13-7-4-5-8-14(13)18;/h4-5,7-8H,3,6,9-12H2,1-2H3,(H,16,17);1H. The number of aliphatic imine (C=N–C) groups is 1. The molecule has 1 aromatic carbocycles. The van der Waals surface area contributed by atoms with Crippen LogP contribution in [0.15, 0.2) is 29.3 Å². The molecular formula is C15H24IN3O. The van der Waals surface area contributed by atoms with E-state index in [-0.39, 0.29) is 24.0 Å². The fourth-order valence-corrected chi connectivity index (χ4v) is 2.35. The monoisotopic (exact) mass is 389 g/mol. The zero-order valence-electron chi connectivity index (χ0n) is 12.3. The first-order valence-corrected chi connectivity index (χ1v) is 6.99. The quantitative estimate of drug-likeness (QED) is 0.364. The smallest absolute Gasteiger partial charge is 0.198 e. The van der Waals surface area contributed by atoms with E-state index in [1.165, 1.54) is 11.3 Å². The van der Waals surface area contributed by atoms with Gasteiger partial charge in [0, 0.05) is 39.0 Å². The van der Waals surface area contributed by atoms with Gasteiger partial charge in [0.25, 0.3) is 0 Å². The first-order valence-electron chi connectivity index (χ1n) is 6.99. The molecule has 0 aromatic heterocycles.